The van der Waals surface area contributed by atoms with E-state index in [1.54, 1.807) is 0 Å². The van der Waals surface area contributed by atoms with E-state index < -0.39 is 0 Å². The predicted molar refractivity (Wildman–Crippen MR) is 65.3 cm³/mol. The van der Waals surface area contributed by atoms with Gasteiger partial charge in [0.2, 0.25) is 0 Å². The molecule has 0 radical (unpaired) electrons. The highest BCUT2D eigenvalue weighted by atomic mass is 16.3. The van der Waals surface area contributed by atoms with Crippen molar-refractivity contribution in [3.63, 3.8) is 0 Å². The molecule has 1 aromatic rings. The lowest BCUT2D eigenvalue weighted by Gasteiger charge is -2.29. The van der Waals surface area contributed by atoms with Gasteiger partial charge in [-0.05, 0) is 19.8 Å². The molecular formula is C12H23N3O. The van der Waals surface area contributed by atoms with E-state index in [9.17, 15) is 0 Å². The molecule has 0 spiro atoms. The van der Waals surface area contributed by atoms with Crippen molar-refractivity contribution < 1.29 is 5.11 Å². The van der Waals surface area contributed by atoms with Gasteiger partial charge < -0.3 is 15.0 Å². The van der Waals surface area contributed by atoms with Crippen LogP contribution < -0.4 is 5.32 Å². The molecule has 16 heavy (non-hydrogen) atoms. The lowest BCUT2D eigenvalue weighted by atomic mass is 9.95. The molecular weight excluding hydrogens is 202 g/mol. The van der Waals surface area contributed by atoms with Gasteiger partial charge in [0.1, 0.15) is 5.82 Å². The third-order valence-corrected chi connectivity index (χ3v) is 3.27. The summed E-state index contributed by atoms with van der Waals surface area (Å²) < 4.78 is 2.04. The molecule has 0 aliphatic rings. The number of hydrogen-bond acceptors (Lipinski definition) is 3. The van der Waals surface area contributed by atoms with Crippen molar-refractivity contribution in [2.24, 2.45) is 7.05 Å². The minimum atomic E-state index is 0.0416. The van der Waals surface area contributed by atoms with Gasteiger partial charge in [0.15, 0.2) is 0 Å². The summed E-state index contributed by atoms with van der Waals surface area (Å²) in [5.74, 6) is 1.09. The Kier molecular flexibility index (Phi) is 4.96. The van der Waals surface area contributed by atoms with Gasteiger partial charge in [0, 0.05) is 44.6 Å². The fourth-order valence-electron chi connectivity index (χ4n) is 1.75. The Balaban J connectivity index is 2.36. The Morgan fingerprint density at radius 3 is 2.81 bits per heavy atom. The van der Waals surface area contributed by atoms with Crippen molar-refractivity contribution in [2.45, 2.75) is 38.6 Å². The zero-order valence-electron chi connectivity index (χ0n) is 10.5. The molecule has 4 heteroatoms. The molecule has 4 nitrogen and oxygen atoms in total. The second-order valence-electron chi connectivity index (χ2n) is 4.52. The molecule has 92 valence electrons. The van der Waals surface area contributed by atoms with E-state index in [4.69, 9.17) is 5.11 Å². The standard InChI is InChI=1S/C12H23N3O/c1-4-12(2,6-10-16)14-7-5-11-13-8-9-15(11)3/h8-9,14,16H,4-7,10H2,1-3H3. The first kappa shape index (κ1) is 13.2. The van der Waals surface area contributed by atoms with E-state index in [0.29, 0.717) is 0 Å². The summed E-state index contributed by atoms with van der Waals surface area (Å²) in [6.45, 7) is 5.43. The van der Waals surface area contributed by atoms with Crippen molar-refractivity contribution in [2.75, 3.05) is 13.2 Å². The van der Waals surface area contributed by atoms with Gasteiger partial charge in [-0.25, -0.2) is 4.98 Å². The van der Waals surface area contributed by atoms with Crippen LogP contribution in [-0.4, -0.2) is 33.3 Å². The van der Waals surface area contributed by atoms with Crippen LogP contribution in [0.4, 0.5) is 0 Å². The summed E-state index contributed by atoms with van der Waals surface area (Å²) in [6.07, 6.45) is 6.52. The molecule has 0 aromatic carbocycles. The van der Waals surface area contributed by atoms with Crippen LogP contribution in [0, 0.1) is 0 Å². The van der Waals surface area contributed by atoms with Gasteiger partial charge in [0.25, 0.3) is 0 Å². The first-order chi connectivity index (χ1) is 7.61. The van der Waals surface area contributed by atoms with E-state index in [1.165, 1.54) is 0 Å². The highest BCUT2D eigenvalue weighted by Gasteiger charge is 2.19. The molecule has 1 unspecified atom stereocenters. The van der Waals surface area contributed by atoms with Gasteiger partial charge in [-0.15, -0.1) is 0 Å². The first-order valence-corrected chi connectivity index (χ1v) is 5.93. The number of aliphatic hydroxyl groups excluding tert-OH is 1. The lowest BCUT2D eigenvalue weighted by molar-refractivity contribution is 0.216. The summed E-state index contributed by atoms with van der Waals surface area (Å²) in [4.78, 5) is 4.28. The van der Waals surface area contributed by atoms with Crippen molar-refractivity contribution in [3.05, 3.63) is 18.2 Å². The van der Waals surface area contributed by atoms with Gasteiger partial charge >= 0.3 is 0 Å². The molecule has 0 amide bonds. The molecule has 0 saturated carbocycles. The third-order valence-electron chi connectivity index (χ3n) is 3.27. The number of nitrogens with one attached hydrogen (secondary N) is 1. The van der Waals surface area contributed by atoms with Gasteiger partial charge in [-0.2, -0.15) is 0 Å². The Labute approximate surface area is 97.7 Å². The van der Waals surface area contributed by atoms with Crippen LogP contribution in [-0.2, 0) is 13.5 Å². The SMILES string of the molecule is CCC(C)(CCO)NCCc1nccn1C. The third kappa shape index (κ3) is 3.61. The lowest BCUT2D eigenvalue weighted by Crippen LogP contribution is -2.43. The Hall–Kier alpha value is -0.870. The fraction of sp³-hybridized carbons (Fsp3) is 0.750. The first-order valence-electron chi connectivity index (χ1n) is 5.93. The predicted octanol–water partition coefficient (Wildman–Crippen LogP) is 1.10. The van der Waals surface area contributed by atoms with Crippen LogP contribution in [0.3, 0.4) is 0 Å². The van der Waals surface area contributed by atoms with Gasteiger partial charge in [0.05, 0.1) is 0 Å². The molecule has 0 saturated heterocycles. The van der Waals surface area contributed by atoms with Crippen molar-refractivity contribution >= 4 is 0 Å². The van der Waals surface area contributed by atoms with Crippen LogP contribution in [0.5, 0.6) is 0 Å². The molecule has 1 atom stereocenters. The maximum absolute atomic E-state index is 9.00. The zero-order chi connectivity index (χ0) is 12.0. The topological polar surface area (TPSA) is 50.1 Å². The highest BCUT2D eigenvalue weighted by Crippen LogP contribution is 2.13. The van der Waals surface area contributed by atoms with E-state index >= 15 is 0 Å². The van der Waals surface area contributed by atoms with Crippen LogP contribution in [0.15, 0.2) is 12.4 Å². The molecule has 0 aliphatic heterocycles. The normalized spacial score (nSPS) is 15.0. The van der Waals surface area contributed by atoms with E-state index in [1.807, 2.05) is 24.0 Å². The number of rotatable bonds is 7. The number of hydrogen-bond donors (Lipinski definition) is 2. The van der Waals surface area contributed by atoms with Crippen LogP contribution >= 0.6 is 0 Å². The second kappa shape index (κ2) is 6.01. The summed E-state index contributed by atoms with van der Waals surface area (Å²) in [7, 11) is 2.01. The van der Waals surface area contributed by atoms with Crippen molar-refractivity contribution in [1.29, 1.82) is 0 Å². The Bertz CT molecular complexity index is 311. The largest absolute Gasteiger partial charge is 0.396 e. The average molecular weight is 225 g/mol. The van der Waals surface area contributed by atoms with E-state index in [-0.39, 0.29) is 12.1 Å². The summed E-state index contributed by atoms with van der Waals surface area (Å²) in [5, 5.41) is 12.5. The summed E-state index contributed by atoms with van der Waals surface area (Å²) in [5.41, 5.74) is 0.0416. The number of aliphatic hydroxyl groups is 1. The monoisotopic (exact) mass is 225 g/mol. The fourth-order valence-corrected chi connectivity index (χ4v) is 1.75. The van der Waals surface area contributed by atoms with Crippen LogP contribution in [0.2, 0.25) is 0 Å². The number of imidazole rings is 1. The summed E-state index contributed by atoms with van der Waals surface area (Å²) in [6, 6.07) is 0. The van der Waals surface area contributed by atoms with Crippen LogP contribution in [0.1, 0.15) is 32.5 Å². The smallest absolute Gasteiger partial charge is 0.109 e. The van der Waals surface area contributed by atoms with E-state index in [0.717, 1.165) is 31.6 Å². The molecule has 1 rings (SSSR count). The maximum atomic E-state index is 9.00. The Morgan fingerprint density at radius 1 is 1.56 bits per heavy atom. The molecule has 1 heterocycles. The maximum Gasteiger partial charge on any atom is 0.109 e. The number of aryl methyl sites for hydroxylation is 1. The number of aromatic nitrogens is 2. The molecule has 0 aliphatic carbocycles. The average Bonchev–Trinajstić information content (AvgIpc) is 2.65. The van der Waals surface area contributed by atoms with Gasteiger partial charge in [-0.3, -0.25) is 0 Å². The van der Waals surface area contributed by atoms with Crippen molar-refractivity contribution in [1.82, 2.24) is 14.9 Å². The quantitative estimate of drug-likeness (QED) is 0.730. The minimum absolute atomic E-state index is 0.0416. The number of nitrogens with zero attached hydrogens (tertiary/aromatic N) is 2. The second-order valence-corrected chi connectivity index (χ2v) is 4.52. The molecule has 1 aromatic heterocycles. The molecule has 2 N–H and O–H groups in total. The zero-order valence-corrected chi connectivity index (χ0v) is 10.5. The molecule has 0 fully saturated rings. The van der Waals surface area contributed by atoms with E-state index in [2.05, 4.69) is 24.1 Å². The summed E-state index contributed by atoms with van der Waals surface area (Å²) >= 11 is 0. The van der Waals surface area contributed by atoms with Gasteiger partial charge in [-0.1, -0.05) is 6.92 Å². The highest BCUT2D eigenvalue weighted by molar-refractivity contribution is 4.92. The Morgan fingerprint density at radius 2 is 2.31 bits per heavy atom. The molecule has 0 bridgehead atoms. The van der Waals surface area contributed by atoms with Crippen LogP contribution in [0.25, 0.3) is 0 Å². The minimum Gasteiger partial charge on any atom is -0.396 e. The van der Waals surface area contributed by atoms with Crippen molar-refractivity contribution in [3.8, 4) is 0 Å².